The molecule has 0 aliphatic heterocycles. The number of anilines is 3. The molecular formula is C23H26N6O3. The Labute approximate surface area is 186 Å². The van der Waals surface area contributed by atoms with Gasteiger partial charge in [0.05, 0.1) is 14.2 Å². The molecule has 2 heterocycles. The second-order valence-corrected chi connectivity index (χ2v) is 6.69. The number of rotatable bonds is 10. The molecule has 166 valence electrons. The zero-order chi connectivity index (χ0) is 22.8. The molecule has 0 saturated carbocycles. The molecule has 0 spiro atoms. The second-order valence-electron chi connectivity index (χ2n) is 6.69. The Kier molecular flexibility index (Phi) is 7.96. The standard InChI is InChI=1S/C23H26N6O3/c1-16-27-21(15-22(28-16)29-20-6-4-5-11-24-20)25-12-13-26-23(30)10-8-17-7-9-18(31-2)19(14-17)32-3/h4-11,14-15H,12-13H2,1-3H3,(H,26,30)(H2,24,25,27,28,29)/b10-8+. The van der Waals surface area contributed by atoms with E-state index in [1.54, 1.807) is 44.7 Å². The van der Waals surface area contributed by atoms with Crippen molar-refractivity contribution in [1.29, 1.82) is 0 Å². The van der Waals surface area contributed by atoms with Gasteiger partial charge < -0.3 is 25.4 Å². The Bertz CT molecular complexity index is 1070. The van der Waals surface area contributed by atoms with E-state index in [0.29, 0.717) is 47.9 Å². The highest BCUT2D eigenvalue weighted by Gasteiger charge is 2.05. The molecule has 3 N–H and O–H groups in total. The van der Waals surface area contributed by atoms with E-state index in [1.165, 1.54) is 6.08 Å². The highest BCUT2D eigenvalue weighted by atomic mass is 16.5. The fraction of sp³-hybridized carbons (Fsp3) is 0.217. The van der Waals surface area contributed by atoms with Crippen molar-refractivity contribution in [3.63, 3.8) is 0 Å². The summed E-state index contributed by atoms with van der Waals surface area (Å²) in [5.41, 5.74) is 0.834. The lowest BCUT2D eigenvalue weighted by Crippen LogP contribution is -2.27. The number of nitrogens with zero attached hydrogens (tertiary/aromatic N) is 3. The smallest absolute Gasteiger partial charge is 0.244 e. The number of hydrogen-bond acceptors (Lipinski definition) is 8. The summed E-state index contributed by atoms with van der Waals surface area (Å²) < 4.78 is 10.5. The highest BCUT2D eigenvalue weighted by molar-refractivity contribution is 5.91. The summed E-state index contributed by atoms with van der Waals surface area (Å²) in [7, 11) is 3.15. The molecular weight excluding hydrogens is 408 g/mol. The van der Waals surface area contributed by atoms with Crippen LogP contribution in [0.25, 0.3) is 6.08 Å². The summed E-state index contributed by atoms with van der Waals surface area (Å²) in [6.07, 6.45) is 4.90. The Morgan fingerprint density at radius 1 is 0.969 bits per heavy atom. The van der Waals surface area contributed by atoms with Crippen LogP contribution in [0.15, 0.2) is 54.7 Å². The van der Waals surface area contributed by atoms with Crippen LogP contribution in [0.2, 0.25) is 0 Å². The van der Waals surface area contributed by atoms with E-state index >= 15 is 0 Å². The number of aromatic nitrogens is 3. The Hall–Kier alpha value is -4.14. The van der Waals surface area contributed by atoms with Crippen molar-refractivity contribution in [2.24, 2.45) is 0 Å². The first-order valence-corrected chi connectivity index (χ1v) is 10.0. The van der Waals surface area contributed by atoms with E-state index in [9.17, 15) is 4.79 Å². The lowest BCUT2D eigenvalue weighted by atomic mass is 10.2. The minimum atomic E-state index is -0.196. The van der Waals surface area contributed by atoms with Gasteiger partial charge in [-0.05, 0) is 42.8 Å². The molecule has 0 aliphatic carbocycles. The number of nitrogens with one attached hydrogen (secondary N) is 3. The van der Waals surface area contributed by atoms with Gasteiger partial charge in [-0.2, -0.15) is 0 Å². The summed E-state index contributed by atoms with van der Waals surface area (Å²) in [6, 6.07) is 12.8. The van der Waals surface area contributed by atoms with Crippen LogP contribution in [0.5, 0.6) is 11.5 Å². The Balaban J connectivity index is 1.47. The van der Waals surface area contributed by atoms with E-state index in [0.717, 1.165) is 5.56 Å². The number of methoxy groups -OCH3 is 2. The molecule has 0 radical (unpaired) electrons. The lowest BCUT2D eigenvalue weighted by molar-refractivity contribution is -0.116. The van der Waals surface area contributed by atoms with Crippen LogP contribution in [0.1, 0.15) is 11.4 Å². The van der Waals surface area contributed by atoms with Gasteiger partial charge in [0.2, 0.25) is 5.91 Å². The second kappa shape index (κ2) is 11.3. The van der Waals surface area contributed by atoms with Crippen LogP contribution >= 0.6 is 0 Å². The summed E-state index contributed by atoms with van der Waals surface area (Å²) in [4.78, 5) is 25.1. The van der Waals surface area contributed by atoms with Crippen LogP contribution in [0.3, 0.4) is 0 Å². The monoisotopic (exact) mass is 434 g/mol. The third-order valence-corrected chi connectivity index (χ3v) is 4.32. The third-order valence-electron chi connectivity index (χ3n) is 4.32. The minimum Gasteiger partial charge on any atom is -0.493 e. The molecule has 3 rings (SSSR count). The number of aryl methyl sites for hydroxylation is 1. The van der Waals surface area contributed by atoms with Crippen LogP contribution in [0.4, 0.5) is 17.5 Å². The van der Waals surface area contributed by atoms with Crippen LogP contribution in [-0.2, 0) is 4.79 Å². The topological polar surface area (TPSA) is 110 Å². The average Bonchev–Trinajstić information content (AvgIpc) is 2.80. The number of benzene rings is 1. The quantitative estimate of drug-likeness (QED) is 0.330. The van der Waals surface area contributed by atoms with E-state index in [-0.39, 0.29) is 5.91 Å². The molecule has 0 atom stereocenters. The van der Waals surface area contributed by atoms with Crippen LogP contribution in [-0.4, -0.2) is 48.2 Å². The van der Waals surface area contributed by atoms with Gasteiger partial charge in [0.15, 0.2) is 11.5 Å². The summed E-state index contributed by atoms with van der Waals surface area (Å²) in [5.74, 6) is 3.67. The number of amides is 1. The van der Waals surface area contributed by atoms with Crippen LogP contribution in [0, 0.1) is 6.92 Å². The molecule has 9 nitrogen and oxygen atoms in total. The molecule has 0 unspecified atom stereocenters. The zero-order valence-corrected chi connectivity index (χ0v) is 18.3. The SMILES string of the molecule is COc1ccc(/C=C/C(=O)NCCNc2cc(Nc3ccccn3)nc(C)n2)cc1OC. The largest absolute Gasteiger partial charge is 0.493 e. The fourth-order valence-electron chi connectivity index (χ4n) is 2.85. The van der Waals surface area contributed by atoms with Crippen molar-refractivity contribution in [1.82, 2.24) is 20.3 Å². The van der Waals surface area contributed by atoms with E-state index in [2.05, 4.69) is 30.9 Å². The first kappa shape index (κ1) is 22.5. The maximum Gasteiger partial charge on any atom is 0.244 e. The Morgan fingerprint density at radius 2 is 1.78 bits per heavy atom. The molecule has 1 aromatic carbocycles. The first-order valence-electron chi connectivity index (χ1n) is 10.0. The first-order chi connectivity index (χ1) is 15.6. The molecule has 0 aliphatic rings. The summed E-state index contributed by atoms with van der Waals surface area (Å²) in [6.45, 7) is 2.76. The molecule has 1 amide bonds. The van der Waals surface area contributed by atoms with Crippen LogP contribution < -0.4 is 25.4 Å². The summed E-state index contributed by atoms with van der Waals surface area (Å²) in [5, 5.41) is 9.16. The van der Waals surface area contributed by atoms with Gasteiger partial charge in [-0.3, -0.25) is 4.79 Å². The van der Waals surface area contributed by atoms with Crippen molar-refractivity contribution >= 4 is 29.4 Å². The maximum absolute atomic E-state index is 12.1. The average molecular weight is 435 g/mol. The molecule has 0 saturated heterocycles. The highest BCUT2D eigenvalue weighted by Crippen LogP contribution is 2.27. The van der Waals surface area contributed by atoms with Crippen molar-refractivity contribution < 1.29 is 14.3 Å². The molecule has 2 aromatic heterocycles. The van der Waals surface area contributed by atoms with Crippen molar-refractivity contribution in [3.8, 4) is 11.5 Å². The molecule has 9 heteroatoms. The lowest BCUT2D eigenvalue weighted by Gasteiger charge is -2.10. The van der Waals surface area contributed by atoms with Crippen molar-refractivity contribution in [3.05, 3.63) is 66.1 Å². The van der Waals surface area contributed by atoms with Gasteiger partial charge in [0, 0.05) is 31.4 Å². The predicted octanol–water partition coefficient (Wildman–Crippen LogP) is 3.18. The number of carbonyl (C=O) groups excluding carboxylic acids is 1. The minimum absolute atomic E-state index is 0.196. The molecule has 3 aromatic rings. The van der Waals surface area contributed by atoms with E-state index in [1.807, 2.05) is 31.2 Å². The fourth-order valence-corrected chi connectivity index (χ4v) is 2.85. The van der Waals surface area contributed by atoms with Gasteiger partial charge in [-0.15, -0.1) is 0 Å². The van der Waals surface area contributed by atoms with Gasteiger partial charge in [-0.25, -0.2) is 15.0 Å². The van der Waals surface area contributed by atoms with Gasteiger partial charge >= 0.3 is 0 Å². The third kappa shape index (κ3) is 6.69. The van der Waals surface area contributed by atoms with E-state index in [4.69, 9.17) is 9.47 Å². The number of hydrogen-bond donors (Lipinski definition) is 3. The normalized spacial score (nSPS) is 10.6. The molecule has 0 fully saturated rings. The molecule has 32 heavy (non-hydrogen) atoms. The number of ether oxygens (including phenoxy) is 2. The Morgan fingerprint density at radius 3 is 2.53 bits per heavy atom. The van der Waals surface area contributed by atoms with Crippen molar-refractivity contribution in [2.75, 3.05) is 37.9 Å². The van der Waals surface area contributed by atoms with Gasteiger partial charge in [0.25, 0.3) is 0 Å². The summed E-state index contributed by atoms with van der Waals surface area (Å²) >= 11 is 0. The van der Waals surface area contributed by atoms with E-state index < -0.39 is 0 Å². The predicted molar refractivity (Wildman–Crippen MR) is 124 cm³/mol. The number of pyridine rings is 1. The number of carbonyl (C=O) groups is 1. The maximum atomic E-state index is 12.1. The molecule has 0 bridgehead atoms. The van der Waals surface area contributed by atoms with Crippen molar-refractivity contribution in [2.45, 2.75) is 6.92 Å². The van der Waals surface area contributed by atoms with Gasteiger partial charge in [0.1, 0.15) is 23.3 Å². The zero-order valence-electron chi connectivity index (χ0n) is 18.3. The van der Waals surface area contributed by atoms with Gasteiger partial charge in [-0.1, -0.05) is 12.1 Å².